The van der Waals surface area contributed by atoms with E-state index in [1.54, 1.807) is 12.1 Å². The van der Waals surface area contributed by atoms with Crippen molar-refractivity contribution in [2.45, 2.75) is 20.4 Å². The molecule has 0 aliphatic rings. The average molecular weight is 296 g/mol. The molecule has 21 heavy (non-hydrogen) atoms. The molecule has 0 bridgehead atoms. The Morgan fingerprint density at radius 1 is 1.19 bits per heavy atom. The second-order valence-electron chi connectivity index (χ2n) is 4.90. The minimum absolute atomic E-state index is 0.250. The number of amides is 1. The van der Waals surface area contributed by atoms with Gasteiger partial charge in [-0.2, -0.15) is 0 Å². The first-order chi connectivity index (χ1) is 9.98. The first-order valence-corrected chi connectivity index (χ1v) is 7.14. The van der Waals surface area contributed by atoms with Gasteiger partial charge in [0.1, 0.15) is 6.54 Å². The third kappa shape index (κ3) is 6.72. The van der Waals surface area contributed by atoms with Crippen LogP contribution in [0.2, 0.25) is 0 Å². The third-order valence-corrected chi connectivity index (χ3v) is 3.74. The third-order valence-electron chi connectivity index (χ3n) is 3.74. The standard InChI is InChI=1S/C13H24BN2O2.CH3NO/c1-3-16(4-2,10-9-15)11-12-5-7-13(8-6-12)14(17)18;2-1-3/h5-8,17-18H,3-4,9-11,15H2,1-2H3;1H,(H2,2,3)/q+1;. The van der Waals surface area contributed by atoms with Crippen molar-refractivity contribution >= 4 is 19.0 Å². The predicted octanol–water partition coefficient (Wildman–Crippen LogP) is -1.22. The number of likely N-dealkylation sites (N-methyl/N-ethyl adjacent to an activating group) is 1. The fourth-order valence-electron chi connectivity index (χ4n) is 2.30. The van der Waals surface area contributed by atoms with E-state index in [0.29, 0.717) is 12.0 Å². The Morgan fingerprint density at radius 2 is 1.67 bits per heavy atom. The summed E-state index contributed by atoms with van der Waals surface area (Å²) >= 11 is 0. The summed E-state index contributed by atoms with van der Waals surface area (Å²) in [4.78, 5) is 8.58. The zero-order chi connectivity index (χ0) is 16.3. The Kier molecular flexibility index (Phi) is 9.65. The van der Waals surface area contributed by atoms with E-state index in [9.17, 15) is 0 Å². The molecule has 6 nitrogen and oxygen atoms in total. The molecule has 0 saturated carbocycles. The van der Waals surface area contributed by atoms with Crippen LogP contribution in [0.5, 0.6) is 0 Å². The molecule has 6 N–H and O–H groups in total. The van der Waals surface area contributed by atoms with Crippen LogP contribution in [0.15, 0.2) is 24.3 Å². The number of hydrogen-bond acceptors (Lipinski definition) is 4. The van der Waals surface area contributed by atoms with Gasteiger partial charge in [-0.1, -0.05) is 24.3 Å². The lowest BCUT2D eigenvalue weighted by atomic mass is 9.80. The van der Waals surface area contributed by atoms with E-state index in [-0.39, 0.29) is 6.41 Å². The van der Waals surface area contributed by atoms with E-state index in [0.717, 1.165) is 30.7 Å². The number of carbonyl (C=O) groups is 1. The summed E-state index contributed by atoms with van der Waals surface area (Å²) in [5.74, 6) is 0. The Bertz CT molecular complexity index is 395. The highest BCUT2D eigenvalue weighted by molar-refractivity contribution is 6.58. The quantitative estimate of drug-likeness (QED) is 0.287. The Morgan fingerprint density at radius 3 is 2.00 bits per heavy atom. The summed E-state index contributed by atoms with van der Waals surface area (Å²) in [6, 6.07) is 7.46. The van der Waals surface area contributed by atoms with Crippen molar-refractivity contribution in [3.8, 4) is 0 Å². The lowest BCUT2D eigenvalue weighted by Gasteiger charge is -2.36. The topological polar surface area (TPSA) is 110 Å². The predicted molar refractivity (Wildman–Crippen MR) is 85.5 cm³/mol. The first kappa shape index (κ1) is 19.6. The van der Waals surface area contributed by atoms with Gasteiger partial charge in [0, 0.05) is 12.1 Å². The number of rotatable bonds is 7. The summed E-state index contributed by atoms with van der Waals surface area (Å²) in [7, 11) is -1.39. The summed E-state index contributed by atoms with van der Waals surface area (Å²) in [5, 5.41) is 18.1. The molecule has 1 rings (SSSR count). The van der Waals surface area contributed by atoms with Gasteiger partial charge in [0.15, 0.2) is 0 Å². The molecule has 0 aromatic heterocycles. The lowest BCUT2D eigenvalue weighted by molar-refractivity contribution is -0.936. The molecule has 0 atom stereocenters. The summed E-state index contributed by atoms with van der Waals surface area (Å²) in [6.45, 7) is 9.07. The second-order valence-corrected chi connectivity index (χ2v) is 4.90. The monoisotopic (exact) mass is 296 g/mol. The van der Waals surface area contributed by atoms with Crippen LogP contribution in [0.4, 0.5) is 0 Å². The normalized spacial score (nSPS) is 10.5. The van der Waals surface area contributed by atoms with E-state index >= 15 is 0 Å². The largest absolute Gasteiger partial charge is 0.488 e. The van der Waals surface area contributed by atoms with Crippen molar-refractivity contribution in [2.24, 2.45) is 11.5 Å². The van der Waals surface area contributed by atoms with Crippen LogP contribution in [0.3, 0.4) is 0 Å². The second kappa shape index (κ2) is 10.3. The minimum atomic E-state index is -1.39. The van der Waals surface area contributed by atoms with Crippen LogP contribution < -0.4 is 16.9 Å². The van der Waals surface area contributed by atoms with Crippen molar-refractivity contribution in [1.82, 2.24) is 0 Å². The van der Waals surface area contributed by atoms with Gasteiger partial charge in [-0.25, -0.2) is 0 Å². The zero-order valence-electron chi connectivity index (χ0n) is 12.9. The SMILES string of the molecule is CC[N+](CC)(CCN)Cc1ccc(B(O)O)cc1.NC=O. The molecular weight excluding hydrogens is 269 g/mol. The Hall–Kier alpha value is -1.41. The van der Waals surface area contributed by atoms with Crippen molar-refractivity contribution in [2.75, 3.05) is 26.2 Å². The van der Waals surface area contributed by atoms with Gasteiger partial charge in [0.05, 0.1) is 19.6 Å². The number of hydrogen-bond donors (Lipinski definition) is 4. The van der Waals surface area contributed by atoms with E-state index in [1.165, 1.54) is 5.56 Å². The fraction of sp³-hybridized carbons (Fsp3) is 0.500. The van der Waals surface area contributed by atoms with Crippen molar-refractivity contribution < 1.29 is 19.3 Å². The van der Waals surface area contributed by atoms with E-state index in [4.69, 9.17) is 20.6 Å². The van der Waals surface area contributed by atoms with E-state index < -0.39 is 7.12 Å². The van der Waals surface area contributed by atoms with Gasteiger partial charge in [-0.3, -0.25) is 4.79 Å². The van der Waals surface area contributed by atoms with E-state index in [2.05, 4.69) is 19.6 Å². The number of primary amides is 1. The molecule has 0 radical (unpaired) electrons. The Labute approximate surface area is 127 Å². The fourth-order valence-corrected chi connectivity index (χ4v) is 2.30. The zero-order valence-corrected chi connectivity index (χ0v) is 12.9. The molecule has 0 aliphatic carbocycles. The van der Waals surface area contributed by atoms with Gasteiger partial charge < -0.3 is 26.0 Å². The van der Waals surface area contributed by atoms with Gasteiger partial charge in [-0.15, -0.1) is 0 Å². The molecule has 1 aromatic carbocycles. The number of quaternary nitrogens is 1. The molecular formula is C14H27BN3O3+. The highest BCUT2D eigenvalue weighted by Gasteiger charge is 2.22. The first-order valence-electron chi connectivity index (χ1n) is 7.14. The molecule has 0 heterocycles. The molecule has 0 fully saturated rings. The van der Waals surface area contributed by atoms with Crippen molar-refractivity contribution in [3.05, 3.63) is 29.8 Å². The maximum atomic E-state index is 9.06. The maximum Gasteiger partial charge on any atom is 0.488 e. The molecule has 1 aromatic rings. The van der Waals surface area contributed by atoms with E-state index in [1.807, 2.05) is 12.1 Å². The van der Waals surface area contributed by atoms with Crippen LogP contribution in [-0.4, -0.2) is 54.2 Å². The maximum absolute atomic E-state index is 9.06. The van der Waals surface area contributed by atoms with Gasteiger partial charge in [0.2, 0.25) is 6.41 Å². The van der Waals surface area contributed by atoms with Crippen LogP contribution in [-0.2, 0) is 11.3 Å². The Balaban J connectivity index is 0.00000122. The lowest BCUT2D eigenvalue weighted by Crippen LogP contribution is -2.49. The summed E-state index contributed by atoms with van der Waals surface area (Å²) < 4.78 is 0.970. The smallest absolute Gasteiger partial charge is 0.423 e. The molecule has 0 unspecified atom stereocenters. The molecule has 7 heteroatoms. The van der Waals surface area contributed by atoms with Gasteiger partial charge in [0.25, 0.3) is 0 Å². The van der Waals surface area contributed by atoms with Crippen molar-refractivity contribution in [3.63, 3.8) is 0 Å². The number of carbonyl (C=O) groups excluding carboxylic acids is 1. The van der Waals surface area contributed by atoms with Gasteiger partial charge in [-0.05, 0) is 19.3 Å². The molecule has 1 amide bonds. The van der Waals surface area contributed by atoms with Crippen LogP contribution in [0, 0.1) is 0 Å². The number of benzene rings is 1. The number of nitrogens with zero attached hydrogens (tertiary/aromatic N) is 1. The number of nitrogens with two attached hydrogens (primary N) is 2. The average Bonchev–Trinajstić information content (AvgIpc) is 2.48. The highest BCUT2D eigenvalue weighted by Crippen LogP contribution is 2.13. The minimum Gasteiger partial charge on any atom is -0.423 e. The van der Waals surface area contributed by atoms with Crippen molar-refractivity contribution in [1.29, 1.82) is 0 Å². The molecule has 0 saturated heterocycles. The van der Waals surface area contributed by atoms with Crippen LogP contribution >= 0.6 is 0 Å². The summed E-state index contributed by atoms with van der Waals surface area (Å²) in [5.41, 5.74) is 11.6. The molecule has 118 valence electrons. The summed E-state index contributed by atoms with van der Waals surface area (Å²) in [6.07, 6.45) is 0.250. The molecule has 0 aliphatic heterocycles. The highest BCUT2D eigenvalue weighted by atomic mass is 16.4. The molecule has 0 spiro atoms. The van der Waals surface area contributed by atoms with Crippen LogP contribution in [0.1, 0.15) is 19.4 Å². The van der Waals surface area contributed by atoms with Crippen LogP contribution in [0.25, 0.3) is 0 Å². The van der Waals surface area contributed by atoms with Gasteiger partial charge >= 0.3 is 7.12 Å².